The number of carbonyl (C=O) groups is 1. The number of anilines is 2. The van der Waals surface area contributed by atoms with Gasteiger partial charge in [0.1, 0.15) is 11.6 Å². The number of ether oxygens (including phenoxy) is 1. The lowest BCUT2D eigenvalue weighted by molar-refractivity contribution is 0.0699. The summed E-state index contributed by atoms with van der Waals surface area (Å²) < 4.78 is 5.80. The number of hydrogen-bond acceptors (Lipinski definition) is 4. The number of rotatable bonds is 5. The number of benzene rings is 2. The molecule has 0 saturated carbocycles. The lowest BCUT2D eigenvalue weighted by atomic mass is 10.1. The molecule has 1 aromatic heterocycles. The number of nitrogens with zero attached hydrogens (tertiary/aromatic N) is 1. The molecule has 0 fully saturated rings. The summed E-state index contributed by atoms with van der Waals surface area (Å²) in [5.74, 6) is 0.202. The summed E-state index contributed by atoms with van der Waals surface area (Å²) in [6.45, 7) is 3.91. The van der Waals surface area contributed by atoms with E-state index in [1.165, 1.54) is 0 Å². The fourth-order valence-electron chi connectivity index (χ4n) is 2.56. The van der Waals surface area contributed by atoms with E-state index >= 15 is 0 Å². The van der Waals surface area contributed by atoms with Crippen LogP contribution in [-0.4, -0.2) is 22.2 Å². The quantitative estimate of drug-likeness (QED) is 0.725. The van der Waals surface area contributed by atoms with E-state index in [0.717, 1.165) is 11.1 Å². The van der Waals surface area contributed by atoms with Gasteiger partial charge >= 0.3 is 5.97 Å². The van der Waals surface area contributed by atoms with Crippen LogP contribution in [0.5, 0.6) is 5.75 Å². The van der Waals surface area contributed by atoms with Crippen LogP contribution in [0.3, 0.4) is 0 Å². The summed E-state index contributed by atoms with van der Waals surface area (Å²) in [6.07, 6.45) is 1.69. The van der Waals surface area contributed by atoms with Crippen LogP contribution in [0.1, 0.15) is 24.2 Å². The van der Waals surface area contributed by atoms with Crippen LogP contribution < -0.4 is 10.1 Å². The summed E-state index contributed by atoms with van der Waals surface area (Å²) in [7, 11) is 0. The van der Waals surface area contributed by atoms with Gasteiger partial charge in [-0.2, -0.15) is 0 Å². The lowest BCUT2D eigenvalue weighted by Crippen LogP contribution is -2.08. The van der Waals surface area contributed by atoms with Crippen molar-refractivity contribution in [1.82, 2.24) is 4.98 Å². The van der Waals surface area contributed by atoms with Gasteiger partial charge in [0.25, 0.3) is 0 Å². The minimum Gasteiger partial charge on any atom is -0.489 e. The molecule has 122 valence electrons. The van der Waals surface area contributed by atoms with Gasteiger partial charge in [-0.05, 0) is 43.5 Å². The molecule has 0 saturated heterocycles. The van der Waals surface area contributed by atoms with Crippen molar-refractivity contribution < 1.29 is 14.6 Å². The third-order valence-corrected chi connectivity index (χ3v) is 3.52. The van der Waals surface area contributed by atoms with Crippen molar-refractivity contribution in [2.24, 2.45) is 0 Å². The van der Waals surface area contributed by atoms with Crippen LogP contribution >= 0.6 is 0 Å². The molecule has 0 spiro atoms. The SMILES string of the molecule is CC(C)Oc1ccccc1Nc1nccc2cccc(C(=O)O)c12. The Morgan fingerprint density at radius 3 is 2.67 bits per heavy atom. The molecule has 3 aromatic rings. The molecule has 0 unspecified atom stereocenters. The lowest BCUT2D eigenvalue weighted by Gasteiger charge is -2.16. The van der Waals surface area contributed by atoms with Crippen molar-refractivity contribution in [2.45, 2.75) is 20.0 Å². The standard InChI is InChI=1S/C19H18N2O3/c1-12(2)24-16-9-4-3-8-15(16)21-18-17-13(10-11-20-18)6-5-7-14(17)19(22)23/h3-12H,1-2H3,(H,20,21)(H,22,23). The Morgan fingerprint density at radius 1 is 1.12 bits per heavy atom. The molecule has 24 heavy (non-hydrogen) atoms. The average Bonchev–Trinajstić information content (AvgIpc) is 2.56. The average molecular weight is 322 g/mol. The Bertz CT molecular complexity index is 885. The number of hydrogen-bond donors (Lipinski definition) is 2. The first-order chi connectivity index (χ1) is 11.6. The van der Waals surface area contributed by atoms with Crippen molar-refractivity contribution >= 4 is 28.2 Å². The summed E-state index contributed by atoms with van der Waals surface area (Å²) in [4.78, 5) is 15.9. The zero-order chi connectivity index (χ0) is 17.1. The molecular weight excluding hydrogens is 304 g/mol. The van der Waals surface area contributed by atoms with Gasteiger partial charge in [0.05, 0.1) is 17.4 Å². The van der Waals surface area contributed by atoms with Crippen LogP contribution in [-0.2, 0) is 0 Å². The summed E-state index contributed by atoms with van der Waals surface area (Å²) in [5.41, 5.74) is 0.955. The van der Waals surface area contributed by atoms with E-state index in [1.54, 1.807) is 24.4 Å². The van der Waals surface area contributed by atoms with Gasteiger partial charge in [0, 0.05) is 11.6 Å². The first-order valence-electron chi connectivity index (χ1n) is 7.70. The van der Waals surface area contributed by atoms with Crippen LogP contribution in [0.25, 0.3) is 10.8 Å². The predicted molar refractivity (Wildman–Crippen MR) is 94.2 cm³/mol. The molecule has 0 aliphatic heterocycles. The molecular formula is C19H18N2O3. The van der Waals surface area contributed by atoms with Crippen molar-refractivity contribution in [2.75, 3.05) is 5.32 Å². The first kappa shape index (κ1) is 15.8. The molecule has 0 aliphatic carbocycles. The van der Waals surface area contributed by atoms with Gasteiger partial charge in [-0.15, -0.1) is 0 Å². The number of fused-ring (bicyclic) bond motifs is 1. The largest absolute Gasteiger partial charge is 0.489 e. The Balaban J connectivity index is 2.10. The topological polar surface area (TPSA) is 71.5 Å². The fourth-order valence-corrected chi connectivity index (χ4v) is 2.56. The highest BCUT2D eigenvalue weighted by atomic mass is 16.5. The number of pyridine rings is 1. The van der Waals surface area contributed by atoms with E-state index in [1.807, 2.05) is 44.2 Å². The van der Waals surface area contributed by atoms with Crippen LogP contribution in [0, 0.1) is 0 Å². The van der Waals surface area contributed by atoms with Crippen molar-refractivity contribution in [1.29, 1.82) is 0 Å². The Kier molecular flexibility index (Phi) is 4.33. The molecule has 2 aromatic carbocycles. The van der Waals surface area contributed by atoms with Gasteiger partial charge in [-0.1, -0.05) is 24.3 Å². The minimum absolute atomic E-state index is 0.0306. The maximum absolute atomic E-state index is 11.6. The molecule has 2 N–H and O–H groups in total. The molecule has 5 nitrogen and oxygen atoms in total. The zero-order valence-electron chi connectivity index (χ0n) is 13.5. The molecule has 0 aliphatic rings. The van der Waals surface area contributed by atoms with E-state index in [4.69, 9.17) is 4.74 Å². The van der Waals surface area contributed by atoms with E-state index in [2.05, 4.69) is 10.3 Å². The number of para-hydroxylation sites is 2. The van der Waals surface area contributed by atoms with Gasteiger partial charge in [0.2, 0.25) is 0 Å². The number of carboxylic acids is 1. The molecule has 5 heteroatoms. The number of aromatic nitrogens is 1. The van der Waals surface area contributed by atoms with Gasteiger partial charge in [-0.25, -0.2) is 9.78 Å². The van der Waals surface area contributed by atoms with E-state index < -0.39 is 5.97 Å². The normalized spacial score (nSPS) is 10.8. The second-order valence-electron chi connectivity index (χ2n) is 5.66. The highest BCUT2D eigenvalue weighted by molar-refractivity contribution is 6.08. The molecule has 0 bridgehead atoms. The Morgan fingerprint density at radius 2 is 1.92 bits per heavy atom. The molecule has 1 heterocycles. The zero-order valence-corrected chi connectivity index (χ0v) is 13.5. The summed E-state index contributed by atoms with van der Waals surface area (Å²) in [6, 6.07) is 14.5. The summed E-state index contributed by atoms with van der Waals surface area (Å²) in [5, 5.41) is 14.1. The van der Waals surface area contributed by atoms with Crippen molar-refractivity contribution in [3.63, 3.8) is 0 Å². The third-order valence-electron chi connectivity index (χ3n) is 3.52. The van der Waals surface area contributed by atoms with E-state index in [9.17, 15) is 9.90 Å². The molecule has 0 atom stereocenters. The van der Waals surface area contributed by atoms with Crippen LogP contribution in [0.4, 0.5) is 11.5 Å². The van der Waals surface area contributed by atoms with E-state index in [-0.39, 0.29) is 11.7 Å². The van der Waals surface area contributed by atoms with E-state index in [0.29, 0.717) is 17.0 Å². The maximum atomic E-state index is 11.6. The van der Waals surface area contributed by atoms with Gasteiger partial charge < -0.3 is 15.2 Å². The minimum atomic E-state index is -0.983. The Labute approximate surface area is 139 Å². The number of aromatic carboxylic acids is 1. The Hall–Kier alpha value is -3.08. The predicted octanol–water partition coefficient (Wildman–Crippen LogP) is 4.46. The first-order valence-corrected chi connectivity index (χ1v) is 7.70. The second kappa shape index (κ2) is 6.58. The number of carboxylic acid groups (broad SMARTS) is 1. The molecule has 0 radical (unpaired) electrons. The highest BCUT2D eigenvalue weighted by Gasteiger charge is 2.14. The van der Waals surface area contributed by atoms with Gasteiger partial charge in [0.15, 0.2) is 0 Å². The van der Waals surface area contributed by atoms with Crippen molar-refractivity contribution in [3.05, 3.63) is 60.3 Å². The second-order valence-corrected chi connectivity index (χ2v) is 5.66. The maximum Gasteiger partial charge on any atom is 0.336 e. The smallest absolute Gasteiger partial charge is 0.336 e. The van der Waals surface area contributed by atoms with Gasteiger partial charge in [-0.3, -0.25) is 0 Å². The molecule has 3 rings (SSSR count). The van der Waals surface area contributed by atoms with Crippen molar-refractivity contribution in [3.8, 4) is 5.75 Å². The third kappa shape index (κ3) is 3.15. The highest BCUT2D eigenvalue weighted by Crippen LogP contribution is 2.32. The number of nitrogens with one attached hydrogen (secondary N) is 1. The summed E-state index contributed by atoms with van der Waals surface area (Å²) >= 11 is 0. The monoisotopic (exact) mass is 322 g/mol. The molecule has 0 amide bonds. The van der Waals surface area contributed by atoms with Crippen LogP contribution in [0.2, 0.25) is 0 Å². The fraction of sp³-hybridized carbons (Fsp3) is 0.158. The van der Waals surface area contributed by atoms with Crippen LogP contribution in [0.15, 0.2) is 54.7 Å².